The Morgan fingerprint density at radius 3 is 2.73 bits per heavy atom. The number of nitrogens with zero attached hydrogens (tertiary/aromatic N) is 2. The van der Waals surface area contributed by atoms with Gasteiger partial charge < -0.3 is 9.84 Å². The van der Waals surface area contributed by atoms with Crippen molar-refractivity contribution in [2.24, 2.45) is 4.99 Å². The zero-order chi connectivity index (χ0) is 18.7. The van der Waals surface area contributed by atoms with Gasteiger partial charge in [0.15, 0.2) is 5.17 Å². The number of benzene rings is 2. The first-order valence-corrected chi connectivity index (χ1v) is 8.53. The Morgan fingerprint density at radius 1 is 1.23 bits per heavy atom. The molecule has 2 aromatic rings. The van der Waals surface area contributed by atoms with E-state index in [1.165, 1.54) is 28.8 Å². The average Bonchev–Trinajstić information content (AvgIpc) is 2.90. The van der Waals surface area contributed by atoms with Gasteiger partial charge in [-0.3, -0.25) is 9.69 Å². The van der Waals surface area contributed by atoms with Crippen LogP contribution in [0.5, 0.6) is 5.75 Å². The highest BCUT2D eigenvalue weighted by Gasteiger charge is 2.30. The minimum Gasteiger partial charge on any atom is -0.497 e. The van der Waals surface area contributed by atoms with Crippen molar-refractivity contribution in [1.29, 1.82) is 0 Å². The Balaban J connectivity index is 1.90. The number of likely N-dealkylation sites (N-methyl/N-ethyl adjacent to an activating group) is 1. The molecule has 0 radical (unpaired) electrons. The molecule has 132 valence electrons. The van der Waals surface area contributed by atoms with E-state index >= 15 is 0 Å². The molecule has 3 rings (SSSR count). The topological polar surface area (TPSA) is 79.2 Å². The summed E-state index contributed by atoms with van der Waals surface area (Å²) in [5, 5.41) is 9.57. The molecule has 0 aromatic heterocycles. The quantitative estimate of drug-likeness (QED) is 0.834. The van der Waals surface area contributed by atoms with Gasteiger partial charge in [0.2, 0.25) is 0 Å². The highest BCUT2D eigenvalue weighted by atomic mass is 32.2. The van der Waals surface area contributed by atoms with E-state index in [-0.39, 0.29) is 11.5 Å². The summed E-state index contributed by atoms with van der Waals surface area (Å²) in [7, 11) is 3.23. The molecule has 1 saturated heterocycles. The van der Waals surface area contributed by atoms with E-state index in [0.717, 1.165) is 5.56 Å². The predicted molar refractivity (Wildman–Crippen MR) is 102 cm³/mol. The smallest absolute Gasteiger partial charge is 0.335 e. The Morgan fingerprint density at radius 2 is 2.00 bits per heavy atom. The van der Waals surface area contributed by atoms with Crippen LogP contribution in [0, 0.1) is 0 Å². The molecule has 1 heterocycles. The first-order chi connectivity index (χ1) is 12.5. The summed E-state index contributed by atoms with van der Waals surface area (Å²) < 4.78 is 5.19. The molecule has 7 heteroatoms. The number of carboxylic acid groups (broad SMARTS) is 1. The van der Waals surface area contributed by atoms with Crippen molar-refractivity contribution >= 4 is 40.6 Å². The van der Waals surface area contributed by atoms with Crippen molar-refractivity contribution in [1.82, 2.24) is 4.90 Å². The van der Waals surface area contributed by atoms with Crippen LogP contribution in [0.2, 0.25) is 0 Å². The lowest BCUT2D eigenvalue weighted by Crippen LogP contribution is -2.23. The monoisotopic (exact) mass is 368 g/mol. The Labute approximate surface area is 154 Å². The summed E-state index contributed by atoms with van der Waals surface area (Å²) in [6.45, 7) is 0. The lowest BCUT2D eigenvalue weighted by Gasteiger charge is -2.07. The van der Waals surface area contributed by atoms with E-state index < -0.39 is 5.97 Å². The van der Waals surface area contributed by atoms with Crippen LogP contribution < -0.4 is 4.74 Å². The summed E-state index contributed by atoms with van der Waals surface area (Å²) in [6, 6.07) is 13.7. The van der Waals surface area contributed by atoms with Gasteiger partial charge >= 0.3 is 5.97 Å². The second kappa shape index (κ2) is 7.45. The van der Waals surface area contributed by atoms with E-state index in [1.807, 2.05) is 24.3 Å². The van der Waals surface area contributed by atoms with Gasteiger partial charge in [-0.25, -0.2) is 9.79 Å². The molecule has 0 saturated carbocycles. The number of rotatable bonds is 4. The van der Waals surface area contributed by atoms with Crippen LogP contribution in [0.4, 0.5) is 5.69 Å². The summed E-state index contributed by atoms with van der Waals surface area (Å²) in [5.74, 6) is -0.470. The minimum atomic E-state index is -1.02. The maximum atomic E-state index is 12.5. The van der Waals surface area contributed by atoms with Crippen molar-refractivity contribution in [2.45, 2.75) is 0 Å². The predicted octanol–water partition coefficient (Wildman–Crippen LogP) is 3.63. The molecule has 26 heavy (non-hydrogen) atoms. The third kappa shape index (κ3) is 3.78. The minimum absolute atomic E-state index is 0.149. The number of hydrogen-bond donors (Lipinski definition) is 1. The maximum Gasteiger partial charge on any atom is 0.335 e. The van der Waals surface area contributed by atoms with Gasteiger partial charge in [-0.1, -0.05) is 18.2 Å². The maximum absolute atomic E-state index is 12.5. The third-order valence-corrected chi connectivity index (χ3v) is 4.77. The molecule has 1 aliphatic heterocycles. The normalized spacial score (nSPS) is 17.2. The van der Waals surface area contributed by atoms with Crippen molar-refractivity contribution in [3.8, 4) is 5.75 Å². The first-order valence-electron chi connectivity index (χ1n) is 7.71. The molecule has 0 spiro atoms. The van der Waals surface area contributed by atoms with Crippen molar-refractivity contribution in [3.63, 3.8) is 0 Å². The molecule has 0 unspecified atom stereocenters. The average molecular weight is 368 g/mol. The summed E-state index contributed by atoms with van der Waals surface area (Å²) >= 11 is 1.24. The highest BCUT2D eigenvalue weighted by Crippen LogP contribution is 2.33. The number of carbonyl (C=O) groups is 2. The number of thioether (sulfide) groups is 1. The van der Waals surface area contributed by atoms with Crippen molar-refractivity contribution in [3.05, 3.63) is 64.6 Å². The number of carbonyl (C=O) groups excluding carboxylic acids is 1. The van der Waals surface area contributed by atoms with E-state index in [1.54, 1.807) is 32.4 Å². The second-order valence-corrected chi connectivity index (χ2v) is 6.51. The molecule has 1 aliphatic rings. The van der Waals surface area contributed by atoms with E-state index in [0.29, 0.717) is 21.5 Å². The molecule has 1 amide bonds. The van der Waals surface area contributed by atoms with Gasteiger partial charge in [-0.05, 0) is 53.7 Å². The number of ether oxygens (including phenoxy) is 1. The van der Waals surface area contributed by atoms with Crippen LogP contribution >= 0.6 is 11.8 Å². The first kappa shape index (κ1) is 17.8. The van der Waals surface area contributed by atoms with Crippen LogP contribution in [0.1, 0.15) is 15.9 Å². The molecule has 0 bridgehead atoms. The molecule has 0 aliphatic carbocycles. The van der Waals surface area contributed by atoms with Gasteiger partial charge in [-0.15, -0.1) is 0 Å². The zero-order valence-electron chi connectivity index (χ0n) is 14.2. The lowest BCUT2D eigenvalue weighted by atomic mass is 10.2. The highest BCUT2D eigenvalue weighted by molar-refractivity contribution is 8.18. The second-order valence-electron chi connectivity index (χ2n) is 5.50. The van der Waals surface area contributed by atoms with Gasteiger partial charge in [0.05, 0.1) is 23.3 Å². The molecule has 1 N–H and O–H groups in total. The van der Waals surface area contributed by atoms with Crippen LogP contribution in [0.15, 0.2) is 58.4 Å². The van der Waals surface area contributed by atoms with Crippen LogP contribution in [0.25, 0.3) is 6.08 Å². The fraction of sp³-hybridized carbons (Fsp3) is 0.105. The van der Waals surface area contributed by atoms with E-state index in [4.69, 9.17) is 9.84 Å². The van der Waals surface area contributed by atoms with Gasteiger partial charge in [0.1, 0.15) is 5.75 Å². The van der Waals surface area contributed by atoms with E-state index in [2.05, 4.69) is 4.99 Å². The van der Waals surface area contributed by atoms with Crippen molar-refractivity contribution in [2.75, 3.05) is 14.2 Å². The molecule has 6 nitrogen and oxygen atoms in total. The molecular formula is C19H16N2O4S. The summed E-state index contributed by atoms with van der Waals surface area (Å²) in [6.07, 6.45) is 1.78. The Kier molecular flexibility index (Phi) is 5.09. The van der Waals surface area contributed by atoms with Crippen LogP contribution in [-0.2, 0) is 4.79 Å². The van der Waals surface area contributed by atoms with Crippen LogP contribution in [-0.4, -0.2) is 41.2 Å². The largest absolute Gasteiger partial charge is 0.497 e. The molecular weight excluding hydrogens is 352 g/mol. The number of aliphatic imine (C=N–C) groups is 1. The number of amides is 1. The molecule has 1 fully saturated rings. The molecule has 2 aromatic carbocycles. The number of methoxy groups -OCH3 is 1. The number of hydrogen-bond acceptors (Lipinski definition) is 5. The summed E-state index contributed by atoms with van der Waals surface area (Å²) in [4.78, 5) is 29.9. The van der Waals surface area contributed by atoms with Crippen LogP contribution in [0.3, 0.4) is 0 Å². The Bertz CT molecular complexity index is 937. The SMILES string of the molecule is COc1cccc(C=C2SC(=Nc3cccc(C(=O)O)c3)N(C)C2=O)c1. The fourth-order valence-corrected chi connectivity index (χ4v) is 3.34. The fourth-order valence-electron chi connectivity index (χ4n) is 2.35. The summed E-state index contributed by atoms with van der Waals surface area (Å²) in [5.41, 5.74) is 1.48. The molecule has 0 atom stereocenters. The standard InChI is InChI=1S/C19H16N2O4S/c1-21-17(22)16(10-12-5-3-8-15(9-12)25-2)26-19(21)20-14-7-4-6-13(11-14)18(23)24/h3-11H,1-2H3,(H,23,24). The Hall–Kier alpha value is -3.06. The van der Waals surface area contributed by atoms with E-state index in [9.17, 15) is 9.59 Å². The van der Waals surface area contributed by atoms with Gasteiger partial charge in [0, 0.05) is 7.05 Å². The number of carboxylic acids is 1. The zero-order valence-corrected chi connectivity index (χ0v) is 15.0. The van der Waals surface area contributed by atoms with Crippen molar-refractivity contribution < 1.29 is 19.4 Å². The lowest BCUT2D eigenvalue weighted by molar-refractivity contribution is -0.121. The number of aromatic carboxylic acids is 1. The van der Waals surface area contributed by atoms with Gasteiger partial charge in [0.25, 0.3) is 5.91 Å². The number of amidine groups is 1. The third-order valence-electron chi connectivity index (χ3n) is 3.71. The van der Waals surface area contributed by atoms with Gasteiger partial charge in [-0.2, -0.15) is 0 Å².